The van der Waals surface area contributed by atoms with Gasteiger partial charge in [0.1, 0.15) is 5.76 Å². The fourth-order valence-electron chi connectivity index (χ4n) is 1.90. The predicted molar refractivity (Wildman–Crippen MR) is 92.7 cm³/mol. The molecular formula is C14H23ClN4O3S. The van der Waals surface area contributed by atoms with Crippen molar-refractivity contribution in [3.63, 3.8) is 0 Å². The summed E-state index contributed by atoms with van der Waals surface area (Å²) in [4.78, 5) is 23.7. The minimum absolute atomic E-state index is 0. The van der Waals surface area contributed by atoms with Crippen LogP contribution in [0.5, 0.6) is 0 Å². The molecule has 2 unspecified atom stereocenters. The number of carbonyl (C=O) groups excluding carboxylic acids is 2. The molecule has 4 N–H and O–H groups in total. The molecule has 0 aromatic carbocycles. The number of hydrogen-bond donors (Lipinski definition) is 3. The Kier molecular flexibility index (Phi) is 7.87. The van der Waals surface area contributed by atoms with Crippen LogP contribution in [0.3, 0.4) is 0 Å². The lowest BCUT2D eigenvalue weighted by molar-refractivity contribution is -0.118. The Balaban J connectivity index is 0.00000264. The van der Waals surface area contributed by atoms with Crippen molar-refractivity contribution in [2.45, 2.75) is 38.0 Å². The number of nitrogens with two attached hydrogens (primary N) is 1. The number of nitrogens with zero attached hydrogens (tertiary/aromatic N) is 1. The lowest BCUT2D eigenvalue weighted by Crippen LogP contribution is -2.39. The maximum atomic E-state index is 11.9. The number of nitrogens with one attached hydrogen (secondary N) is 2. The molecule has 1 aliphatic carbocycles. The molecule has 0 aliphatic heterocycles. The third kappa shape index (κ3) is 6.80. The first kappa shape index (κ1) is 19.8. The van der Waals surface area contributed by atoms with E-state index in [0.29, 0.717) is 24.0 Å². The van der Waals surface area contributed by atoms with Gasteiger partial charge in [0.25, 0.3) is 0 Å². The number of aromatic nitrogens is 1. The molecule has 2 atom stereocenters. The molecule has 0 saturated heterocycles. The first-order valence-corrected chi connectivity index (χ1v) is 8.38. The highest BCUT2D eigenvalue weighted by atomic mass is 35.5. The summed E-state index contributed by atoms with van der Waals surface area (Å²) in [6, 6.07) is 1.69. The Hall–Kier alpha value is -1.25. The molecule has 9 heteroatoms. The Morgan fingerprint density at radius 2 is 2.22 bits per heavy atom. The van der Waals surface area contributed by atoms with Gasteiger partial charge in [-0.3, -0.25) is 9.59 Å². The maximum absolute atomic E-state index is 11.9. The van der Waals surface area contributed by atoms with Gasteiger partial charge in [-0.05, 0) is 32.6 Å². The minimum atomic E-state index is -0.361. The summed E-state index contributed by atoms with van der Waals surface area (Å²) in [5.41, 5.74) is 5.92. The topological polar surface area (TPSA) is 110 Å². The summed E-state index contributed by atoms with van der Waals surface area (Å²) in [5, 5.41) is 8.78. The summed E-state index contributed by atoms with van der Waals surface area (Å²) >= 11 is 1.27. The Labute approximate surface area is 145 Å². The predicted octanol–water partition coefficient (Wildman–Crippen LogP) is 1.32. The molecule has 1 aromatic heterocycles. The van der Waals surface area contributed by atoms with Crippen LogP contribution in [0.4, 0.5) is 5.82 Å². The van der Waals surface area contributed by atoms with Gasteiger partial charge < -0.3 is 20.9 Å². The van der Waals surface area contributed by atoms with Crippen LogP contribution in [-0.4, -0.2) is 40.6 Å². The van der Waals surface area contributed by atoms with Gasteiger partial charge in [-0.15, -0.1) is 24.2 Å². The van der Waals surface area contributed by atoms with Gasteiger partial charge in [-0.25, -0.2) is 0 Å². The summed E-state index contributed by atoms with van der Waals surface area (Å²) in [6.07, 6.45) is 2.31. The van der Waals surface area contributed by atoms with Crippen LogP contribution in [0.2, 0.25) is 0 Å². The largest absolute Gasteiger partial charge is 0.360 e. The molecule has 1 aromatic rings. The van der Waals surface area contributed by atoms with Crippen molar-refractivity contribution in [2.24, 2.45) is 11.7 Å². The molecule has 7 nitrogen and oxygen atoms in total. The van der Waals surface area contributed by atoms with Crippen LogP contribution in [-0.2, 0) is 9.59 Å². The maximum Gasteiger partial charge on any atom is 0.238 e. The number of halogens is 1. The van der Waals surface area contributed by atoms with E-state index < -0.39 is 0 Å². The second-order valence-electron chi connectivity index (χ2n) is 5.57. The first-order chi connectivity index (χ1) is 10.5. The standard InChI is InChI=1S/C14H22N4O3S.ClH/c1-8-5-12(18-21-8)17-14(20)9(2)22-7-13(19)16-6-11(15)10-3-4-10;/h5,9-11H,3-4,6-7,15H2,1-2H3,(H,16,19)(H,17,18,20);1H. The molecule has 0 spiro atoms. The van der Waals surface area contributed by atoms with Crippen molar-refractivity contribution in [1.82, 2.24) is 10.5 Å². The smallest absolute Gasteiger partial charge is 0.238 e. The Bertz CT molecular complexity index is 536. The number of anilines is 1. The molecule has 23 heavy (non-hydrogen) atoms. The monoisotopic (exact) mass is 362 g/mol. The molecule has 2 rings (SSSR count). The second-order valence-corrected chi connectivity index (χ2v) is 6.90. The van der Waals surface area contributed by atoms with Gasteiger partial charge in [0.15, 0.2) is 5.82 Å². The number of rotatable bonds is 8. The summed E-state index contributed by atoms with van der Waals surface area (Å²) in [7, 11) is 0. The third-order valence-corrected chi connectivity index (χ3v) is 4.62. The number of hydrogen-bond acceptors (Lipinski definition) is 6. The van der Waals surface area contributed by atoms with Crippen LogP contribution >= 0.6 is 24.2 Å². The van der Waals surface area contributed by atoms with E-state index in [2.05, 4.69) is 15.8 Å². The van der Waals surface area contributed by atoms with E-state index in [9.17, 15) is 9.59 Å². The van der Waals surface area contributed by atoms with Crippen LogP contribution in [0.25, 0.3) is 0 Å². The Morgan fingerprint density at radius 1 is 1.52 bits per heavy atom. The van der Waals surface area contributed by atoms with Crippen LogP contribution in [0, 0.1) is 12.8 Å². The lowest BCUT2D eigenvalue weighted by Gasteiger charge is -2.13. The van der Waals surface area contributed by atoms with Gasteiger partial charge in [0.05, 0.1) is 11.0 Å². The SMILES string of the molecule is Cc1cc(NC(=O)C(C)SCC(=O)NCC(N)C2CC2)no1.Cl. The molecule has 130 valence electrons. The summed E-state index contributed by atoms with van der Waals surface area (Å²) in [5.74, 6) is 1.49. The van der Waals surface area contributed by atoms with Crippen molar-refractivity contribution in [1.29, 1.82) is 0 Å². The van der Waals surface area contributed by atoms with E-state index in [1.807, 2.05) is 0 Å². The number of thioether (sulfide) groups is 1. The van der Waals surface area contributed by atoms with E-state index in [-0.39, 0.29) is 41.3 Å². The van der Waals surface area contributed by atoms with E-state index in [0.717, 1.165) is 12.8 Å². The number of amides is 2. The molecular weight excluding hydrogens is 340 g/mol. The number of aryl methyl sites for hydroxylation is 1. The molecule has 1 aliphatic rings. The van der Waals surface area contributed by atoms with E-state index in [1.54, 1.807) is 19.9 Å². The van der Waals surface area contributed by atoms with Gasteiger partial charge in [0, 0.05) is 18.7 Å². The molecule has 0 bridgehead atoms. The van der Waals surface area contributed by atoms with Crippen LogP contribution in [0.1, 0.15) is 25.5 Å². The molecule has 2 amide bonds. The quantitative estimate of drug-likeness (QED) is 0.643. The summed E-state index contributed by atoms with van der Waals surface area (Å²) in [6.45, 7) is 4.00. The highest BCUT2D eigenvalue weighted by Gasteiger charge is 2.28. The molecule has 0 radical (unpaired) electrons. The van der Waals surface area contributed by atoms with Crippen LogP contribution < -0.4 is 16.4 Å². The van der Waals surface area contributed by atoms with Gasteiger partial charge in [0.2, 0.25) is 11.8 Å². The van der Waals surface area contributed by atoms with E-state index >= 15 is 0 Å². The van der Waals surface area contributed by atoms with E-state index in [1.165, 1.54) is 11.8 Å². The van der Waals surface area contributed by atoms with Crippen molar-refractivity contribution in [3.05, 3.63) is 11.8 Å². The highest BCUT2D eigenvalue weighted by Crippen LogP contribution is 2.31. The number of carbonyl (C=O) groups is 2. The zero-order chi connectivity index (χ0) is 16.1. The average Bonchev–Trinajstić information content (AvgIpc) is 3.26. The normalized spacial score (nSPS) is 16.1. The Morgan fingerprint density at radius 3 is 2.78 bits per heavy atom. The fourth-order valence-corrected chi connectivity index (χ4v) is 2.62. The third-order valence-electron chi connectivity index (χ3n) is 3.48. The molecule has 1 heterocycles. The minimum Gasteiger partial charge on any atom is -0.360 e. The van der Waals surface area contributed by atoms with Crippen molar-refractivity contribution in [2.75, 3.05) is 17.6 Å². The average molecular weight is 363 g/mol. The fraction of sp³-hybridized carbons (Fsp3) is 0.643. The van der Waals surface area contributed by atoms with Crippen LogP contribution in [0.15, 0.2) is 10.6 Å². The van der Waals surface area contributed by atoms with E-state index in [4.69, 9.17) is 10.3 Å². The van der Waals surface area contributed by atoms with Gasteiger partial charge in [-0.2, -0.15) is 0 Å². The lowest BCUT2D eigenvalue weighted by atomic mass is 10.2. The zero-order valence-electron chi connectivity index (χ0n) is 13.2. The van der Waals surface area contributed by atoms with Gasteiger partial charge in [-0.1, -0.05) is 5.16 Å². The first-order valence-electron chi connectivity index (χ1n) is 7.33. The van der Waals surface area contributed by atoms with Crippen molar-refractivity contribution in [3.8, 4) is 0 Å². The zero-order valence-corrected chi connectivity index (χ0v) is 14.8. The molecule has 1 saturated carbocycles. The highest BCUT2D eigenvalue weighted by molar-refractivity contribution is 8.01. The molecule has 1 fully saturated rings. The van der Waals surface area contributed by atoms with Crippen molar-refractivity contribution >= 4 is 41.8 Å². The summed E-state index contributed by atoms with van der Waals surface area (Å²) < 4.78 is 4.87. The van der Waals surface area contributed by atoms with Crippen molar-refractivity contribution < 1.29 is 14.1 Å². The second kappa shape index (κ2) is 9.14. The van der Waals surface area contributed by atoms with Gasteiger partial charge >= 0.3 is 0 Å².